The molecule has 0 saturated heterocycles. The topological polar surface area (TPSA) is 29.5 Å². The van der Waals surface area contributed by atoms with Crippen molar-refractivity contribution in [2.24, 2.45) is 0 Å². The summed E-state index contributed by atoms with van der Waals surface area (Å²) in [5.74, 6) is 0. The van der Waals surface area contributed by atoms with Gasteiger partial charge in [0.05, 0.1) is 5.69 Å². The van der Waals surface area contributed by atoms with Gasteiger partial charge in [0, 0.05) is 87.5 Å². The molecule has 0 radical (unpaired) electrons. The molecular weight excluding hydrogens is 1810 g/mol. The van der Waals surface area contributed by atoms with Gasteiger partial charge >= 0.3 is 0 Å². The predicted molar refractivity (Wildman–Crippen MR) is 637 cm³/mol. The lowest BCUT2D eigenvalue weighted by Gasteiger charge is -2.33. The molecule has 3 nitrogen and oxygen atoms in total. The fourth-order valence-corrected chi connectivity index (χ4v) is 29.9. The van der Waals surface area contributed by atoms with Crippen LogP contribution in [-0.2, 0) is 37.9 Å². The molecule has 0 N–H and O–H groups in total. The second-order valence-electron chi connectivity index (χ2n) is 48.5. The first-order valence-corrected chi connectivity index (χ1v) is 57.5. The van der Waals surface area contributed by atoms with Crippen LogP contribution in [-0.4, -0.2) is 0 Å². The Labute approximate surface area is 890 Å². The molecule has 19 aromatic rings. The molecule has 17 aromatic carbocycles. The number of anilines is 3. The van der Waals surface area contributed by atoms with Gasteiger partial charge in [-0.05, 0) is 324 Å². The smallest absolute Gasteiger partial charge is 0.144 e. The van der Waals surface area contributed by atoms with Gasteiger partial charge in [0.2, 0.25) is 0 Å². The van der Waals surface area contributed by atoms with Crippen LogP contribution in [0.15, 0.2) is 330 Å². The van der Waals surface area contributed by atoms with E-state index in [-0.39, 0.29) is 27.1 Å². The Hall–Kier alpha value is -13.9. The summed E-state index contributed by atoms with van der Waals surface area (Å²) in [5, 5.41) is 4.65. The summed E-state index contributed by atoms with van der Waals surface area (Å²) >= 11 is 0. The predicted octanol–water partition coefficient (Wildman–Crippen LogP) is 42.8. The van der Waals surface area contributed by atoms with Crippen LogP contribution >= 0.6 is 0 Å². The number of unbranched alkanes of at least 4 members (excludes halogenated alkanes) is 16. The van der Waals surface area contributed by atoms with Gasteiger partial charge in [-0.3, -0.25) is 0 Å². The lowest BCUT2D eigenvalue weighted by Crippen LogP contribution is -2.25. The average molecular weight is 1960 g/mol. The van der Waals surface area contributed by atoms with E-state index in [9.17, 15) is 0 Å². The van der Waals surface area contributed by atoms with Crippen LogP contribution in [0.25, 0.3) is 177 Å². The third-order valence-electron chi connectivity index (χ3n) is 38.1. The number of hydrogen-bond donors (Lipinski definition) is 0. The van der Waals surface area contributed by atoms with Gasteiger partial charge in [0.1, 0.15) is 22.3 Å². The van der Waals surface area contributed by atoms with Crippen molar-refractivity contribution in [2.45, 2.75) is 289 Å². The number of hydrogen-bond acceptors (Lipinski definition) is 3. The Morgan fingerprint density at radius 2 is 0.507 bits per heavy atom. The molecule has 0 aliphatic heterocycles. The number of nitrogens with zero attached hydrogens (tertiary/aromatic N) is 1. The second kappa shape index (κ2) is 36.8. The van der Waals surface area contributed by atoms with Gasteiger partial charge in [0.15, 0.2) is 0 Å². The Bertz CT molecular complexity index is 8650. The molecule has 2 heterocycles. The summed E-state index contributed by atoms with van der Waals surface area (Å²) in [6.45, 7) is 34.1. The van der Waals surface area contributed by atoms with Crippen molar-refractivity contribution in [3.05, 3.63) is 399 Å². The summed E-state index contributed by atoms with van der Waals surface area (Å²) in [6.07, 6.45) is 30.7. The lowest BCUT2D eigenvalue weighted by atomic mass is 9.70. The fourth-order valence-electron chi connectivity index (χ4n) is 29.9. The molecule has 2 aromatic heterocycles. The molecule has 7 aliphatic rings. The van der Waals surface area contributed by atoms with Crippen LogP contribution in [0.1, 0.15) is 329 Å². The summed E-state index contributed by atoms with van der Waals surface area (Å²) in [7, 11) is 0. The SMILES string of the molecule is CCCCCCCC1(CCCCCCC)c2ccccc2-c2ccc(-c3ccc4c(c3)C(C)(C)c3cc(-c5cc6c(c7c5oc5ccccc57)-c5ccc(N(c7ccc8c(c7)C(C)(C)c7cc9c(cc7-8)C(C)(C)c7cc(-c8ccc%10c(c8)C(C)(C)c8cc(-c%11ccc%12c(c%11)C(CCCCCCC)(CCCCCCC)c%11ccccc%11-%12)ccc8-%10)c8c(oc%10ccccc%108)c7-9)c7ccccc7-c7ccccc7)cc5C6(C)C)ccc3-4)cc21. The van der Waals surface area contributed by atoms with E-state index >= 15 is 0 Å². The molecule has 0 fully saturated rings. The number of fused-ring (bicyclic) bond motifs is 29. The van der Waals surface area contributed by atoms with E-state index < -0.39 is 10.8 Å². The second-order valence-corrected chi connectivity index (χ2v) is 48.5. The molecule has 0 spiro atoms. The van der Waals surface area contributed by atoms with Crippen molar-refractivity contribution in [1.82, 2.24) is 0 Å². The first kappa shape index (κ1) is 95.8. The number of rotatable bonds is 32. The normalized spacial score (nSPS) is 15.6. The quantitative estimate of drug-likeness (QED) is 0.0394. The van der Waals surface area contributed by atoms with Gasteiger partial charge in [-0.1, -0.05) is 444 Å². The molecule has 3 heteroatoms. The van der Waals surface area contributed by atoms with Gasteiger partial charge in [-0.25, -0.2) is 0 Å². The van der Waals surface area contributed by atoms with E-state index in [1.54, 1.807) is 22.3 Å². The monoisotopic (exact) mass is 1950 g/mol. The fraction of sp³-hybridized carbons (Fsp3) is 0.306. The van der Waals surface area contributed by atoms with E-state index in [1.165, 1.54) is 348 Å². The Kier molecular flexibility index (Phi) is 23.5. The summed E-state index contributed by atoms with van der Waals surface area (Å²) in [6, 6.07) is 127. The highest BCUT2D eigenvalue weighted by Gasteiger charge is 2.50. The van der Waals surface area contributed by atoms with Gasteiger partial charge in [0.25, 0.3) is 0 Å². The standard InChI is InChI=1S/C147H143NO2/c1-15-19-23-27-44-76-146(77-45-28-24-20-16-2)118-55-39-34-51-102(118)108-70-62-95(82-128(108)146)93-60-68-104-106-72-64-97(84-122(106)141(5,6)120(104)80-93)114-88-131-137(140-135(114)112-53-37-42-58-133(112)150-140)117-91-126-116(90-127(117)145(131,13)14)110-74-66-99(86-124(110)143(126,9)10)148(132-57-41-36-50-101(132)92-48-32-31-33-49-92)100-67-75-111-125(87-100)144(11,12)130-89-115(139-138(136(111)130)113-54-38-43-59-134(113)149-139)98-65-73-107-105-69-61-94(81-121(105)142(7,8)123(107)85-98)96-63-71-109-103-52-35-40-56-119(103)147(129(109)83-96,78-46-29-25-21-17-3)79-47-30-26-22-18-4/h31-43,48-75,80-91H,15-30,44-47,76-79H2,1-14H3. The van der Waals surface area contributed by atoms with Crippen molar-refractivity contribution < 1.29 is 8.83 Å². The van der Waals surface area contributed by atoms with Crippen molar-refractivity contribution in [2.75, 3.05) is 4.90 Å². The lowest BCUT2D eigenvalue weighted by molar-refractivity contribution is 0.399. The molecular formula is C147H143NO2. The van der Waals surface area contributed by atoms with Crippen LogP contribution in [0.4, 0.5) is 17.1 Å². The number of benzene rings is 17. The third-order valence-corrected chi connectivity index (χ3v) is 38.1. The number of para-hydroxylation sites is 3. The molecule has 0 unspecified atom stereocenters. The number of furan rings is 2. The third kappa shape index (κ3) is 14.8. The molecule has 0 atom stereocenters. The largest absolute Gasteiger partial charge is 0.455 e. The van der Waals surface area contributed by atoms with E-state index in [0.717, 1.165) is 55.7 Å². The van der Waals surface area contributed by atoms with Crippen molar-refractivity contribution in [1.29, 1.82) is 0 Å². The highest BCUT2D eigenvalue weighted by molar-refractivity contribution is 6.21. The maximum absolute atomic E-state index is 7.46. The zero-order chi connectivity index (χ0) is 102. The minimum Gasteiger partial charge on any atom is -0.455 e. The highest BCUT2D eigenvalue weighted by Crippen LogP contribution is 2.66. The molecule has 150 heavy (non-hydrogen) atoms. The minimum absolute atomic E-state index is 0.0154. The molecule has 0 amide bonds. The average Bonchev–Trinajstić information content (AvgIpc) is 1.31. The van der Waals surface area contributed by atoms with E-state index in [0.29, 0.717) is 0 Å². The molecule has 748 valence electrons. The first-order valence-electron chi connectivity index (χ1n) is 57.5. The van der Waals surface area contributed by atoms with E-state index in [1.807, 2.05) is 0 Å². The van der Waals surface area contributed by atoms with Crippen molar-refractivity contribution >= 4 is 60.9 Å². The van der Waals surface area contributed by atoms with Gasteiger partial charge in [-0.2, -0.15) is 0 Å². The van der Waals surface area contributed by atoms with Crippen LogP contribution in [0.5, 0.6) is 0 Å². The maximum Gasteiger partial charge on any atom is 0.144 e. The summed E-state index contributed by atoms with van der Waals surface area (Å²) < 4.78 is 14.8. The van der Waals surface area contributed by atoms with E-state index in [4.69, 9.17) is 8.83 Å². The molecule has 0 bridgehead atoms. The first-order chi connectivity index (χ1) is 73.0. The summed E-state index contributed by atoms with van der Waals surface area (Å²) in [4.78, 5) is 2.57. The van der Waals surface area contributed by atoms with Crippen LogP contribution in [0, 0.1) is 0 Å². The molecule has 0 saturated carbocycles. The van der Waals surface area contributed by atoms with Gasteiger partial charge < -0.3 is 13.7 Å². The Morgan fingerprint density at radius 1 is 0.193 bits per heavy atom. The maximum atomic E-state index is 7.46. The van der Waals surface area contributed by atoms with Crippen molar-refractivity contribution in [3.63, 3.8) is 0 Å². The molecule has 7 aliphatic carbocycles. The van der Waals surface area contributed by atoms with Crippen molar-refractivity contribution in [3.8, 4) is 134 Å². The Balaban J connectivity index is 0.532. The minimum atomic E-state index is -0.436. The van der Waals surface area contributed by atoms with Crippen LogP contribution < -0.4 is 4.90 Å². The molecule has 26 rings (SSSR count). The zero-order valence-electron chi connectivity index (χ0n) is 90.8. The van der Waals surface area contributed by atoms with Gasteiger partial charge in [-0.15, -0.1) is 0 Å². The Morgan fingerprint density at radius 3 is 0.993 bits per heavy atom. The summed E-state index contributed by atoms with van der Waals surface area (Å²) in [5.41, 5.74) is 56.1. The highest BCUT2D eigenvalue weighted by atomic mass is 16.3. The zero-order valence-corrected chi connectivity index (χ0v) is 90.8. The van der Waals surface area contributed by atoms with Crippen LogP contribution in [0.2, 0.25) is 0 Å². The van der Waals surface area contributed by atoms with Crippen LogP contribution in [0.3, 0.4) is 0 Å². The van der Waals surface area contributed by atoms with E-state index in [2.05, 4.69) is 423 Å².